The molecule has 0 fully saturated rings. The van der Waals surface area contributed by atoms with Crippen LogP contribution in [0.2, 0.25) is 0 Å². The van der Waals surface area contributed by atoms with Crippen molar-refractivity contribution in [1.82, 2.24) is 5.43 Å². The summed E-state index contributed by atoms with van der Waals surface area (Å²) in [5.41, 5.74) is 4.05. The van der Waals surface area contributed by atoms with Gasteiger partial charge in [-0.05, 0) is 55.3 Å². The maximum Gasteiger partial charge on any atom is 0.262 e. The zero-order chi connectivity index (χ0) is 18.1. The van der Waals surface area contributed by atoms with Gasteiger partial charge in [-0.1, -0.05) is 19.1 Å². The summed E-state index contributed by atoms with van der Waals surface area (Å²) in [6, 6.07) is 13.7. The van der Waals surface area contributed by atoms with Gasteiger partial charge in [0, 0.05) is 5.69 Å². The molecule has 0 spiro atoms. The largest absolute Gasteiger partial charge is 0.508 e. The van der Waals surface area contributed by atoms with Crippen molar-refractivity contribution in [2.75, 3.05) is 11.9 Å². The molecule has 0 radical (unpaired) electrons. The Kier molecular flexibility index (Phi) is 6.83. The second-order valence-electron chi connectivity index (χ2n) is 5.39. The molecule has 0 aliphatic heterocycles. The predicted molar refractivity (Wildman–Crippen MR) is 99.2 cm³/mol. The van der Waals surface area contributed by atoms with Crippen molar-refractivity contribution < 1.29 is 14.6 Å². The first-order valence-electron chi connectivity index (χ1n) is 8.23. The number of anilines is 1. The third-order valence-corrected chi connectivity index (χ3v) is 3.49. The van der Waals surface area contributed by atoms with Crippen LogP contribution in [0, 0.1) is 0 Å². The van der Waals surface area contributed by atoms with Gasteiger partial charge in [-0.3, -0.25) is 4.79 Å². The number of nitrogens with one attached hydrogen (secondary N) is 2. The van der Waals surface area contributed by atoms with E-state index in [-0.39, 0.29) is 11.7 Å². The van der Waals surface area contributed by atoms with Gasteiger partial charge < -0.3 is 15.2 Å². The number of rotatable bonds is 8. The van der Waals surface area contributed by atoms with E-state index in [4.69, 9.17) is 4.74 Å². The predicted octanol–water partition coefficient (Wildman–Crippen LogP) is 3.13. The van der Waals surface area contributed by atoms with E-state index < -0.39 is 6.04 Å². The normalized spacial score (nSPS) is 11.9. The lowest BCUT2D eigenvalue weighted by Gasteiger charge is -2.16. The number of benzene rings is 2. The van der Waals surface area contributed by atoms with Gasteiger partial charge in [-0.2, -0.15) is 5.10 Å². The van der Waals surface area contributed by atoms with Gasteiger partial charge in [-0.25, -0.2) is 5.43 Å². The lowest BCUT2D eigenvalue weighted by molar-refractivity contribution is -0.121. The Morgan fingerprint density at radius 3 is 2.64 bits per heavy atom. The molecular formula is C19H23N3O3. The number of hydrogen-bond donors (Lipinski definition) is 3. The molecule has 0 heterocycles. The minimum absolute atomic E-state index is 0.152. The van der Waals surface area contributed by atoms with Crippen LogP contribution in [0.25, 0.3) is 0 Å². The number of carbonyl (C=O) groups excluding carboxylic acids is 1. The second kappa shape index (κ2) is 9.32. The zero-order valence-corrected chi connectivity index (χ0v) is 14.4. The van der Waals surface area contributed by atoms with Crippen LogP contribution in [0.5, 0.6) is 11.5 Å². The highest BCUT2D eigenvalue weighted by atomic mass is 16.5. The van der Waals surface area contributed by atoms with Crippen molar-refractivity contribution in [3.05, 3.63) is 54.1 Å². The molecule has 0 bridgehead atoms. The number of nitrogens with zero attached hydrogens (tertiary/aromatic N) is 1. The van der Waals surface area contributed by atoms with Crippen LogP contribution >= 0.6 is 0 Å². The lowest BCUT2D eigenvalue weighted by Crippen LogP contribution is -2.36. The van der Waals surface area contributed by atoms with Gasteiger partial charge in [0.2, 0.25) is 0 Å². The molecule has 0 aliphatic carbocycles. The van der Waals surface area contributed by atoms with E-state index >= 15 is 0 Å². The van der Waals surface area contributed by atoms with E-state index in [1.165, 1.54) is 6.21 Å². The molecule has 0 unspecified atom stereocenters. The summed E-state index contributed by atoms with van der Waals surface area (Å²) in [4.78, 5) is 12.2. The standard InChI is InChI=1S/C19H23N3O3/c1-3-18(21-15-8-10-17(11-9-15)25-4-2)19(24)22-20-13-14-6-5-7-16(23)12-14/h5-13,18,21,23H,3-4H2,1-2H3,(H,22,24)/b20-13-/t18-/m0/s1. The number of carbonyl (C=O) groups is 1. The second-order valence-corrected chi connectivity index (χ2v) is 5.39. The number of phenols is 1. The molecule has 0 saturated carbocycles. The molecule has 2 rings (SSSR count). The highest BCUT2D eigenvalue weighted by Crippen LogP contribution is 2.17. The Morgan fingerprint density at radius 2 is 2.00 bits per heavy atom. The lowest BCUT2D eigenvalue weighted by atomic mass is 10.2. The van der Waals surface area contributed by atoms with Gasteiger partial charge in [0.05, 0.1) is 12.8 Å². The first-order chi connectivity index (χ1) is 12.1. The third-order valence-electron chi connectivity index (χ3n) is 3.49. The summed E-state index contributed by atoms with van der Waals surface area (Å²) in [6.07, 6.45) is 2.10. The molecule has 2 aromatic rings. The van der Waals surface area contributed by atoms with Crippen LogP contribution in [0.4, 0.5) is 5.69 Å². The topological polar surface area (TPSA) is 83.0 Å². The average Bonchev–Trinajstić information content (AvgIpc) is 2.61. The SMILES string of the molecule is CCOc1ccc(N[C@@H](CC)C(=O)N/N=C\c2cccc(O)c2)cc1. The zero-order valence-electron chi connectivity index (χ0n) is 14.4. The molecule has 132 valence electrons. The Bertz CT molecular complexity index is 714. The van der Waals surface area contributed by atoms with Crippen LogP contribution in [0.1, 0.15) is 25.8 Å². The molecule has 0 aliphatic rings. The van der Waals surface area contributed by atoms with Crippen LogP contribution in [-0.4, -0.2) is 29.9 Å². The summed E-state index contributed by atoms with van der Waals surface area (Å²) in [5.74, 6) is 0.716. The van der Waals surface area contributed by atoms with Gasteiger partial charge in [0.25, 0.3) is 5.91 Å². The van der Waals surface area contributed by atoms with Crippen molar-refractivity contribution in [2.24, 2.45) is 5.10 Å². The number of hydrogen-bond acceptors (Lipinski definition) is 5. The highest BCUT2D eigenvalue weighted by Gasteiger charge is 2.15. The number of phenolic OH excluding ortho intramolecular Hbond substituents is 1. The molecular weight excluding hydrogens is 318 g/mol. The van der Waals surface area contributed by atoms with E-state index in [2.05, 4.69) is 15.8 Å². The number of amides is 1. The first-order valence-corrected chi connectivity index (χ1v) is 8.23. The summed E-state index contributed by atoms with van der Waals surface area (Å²) in [7, 11) is 0. The summed E-state index contributed by atoms with van der Waals surface area (Å²) < 4.78 is 5.40. The van der Waals surface area contributed by atoms with Crippen LogP contribution < -0.4 is 15.5 Å². The fourth-order valence-electron chi connectivity index (χ4n) is 2.22. The van der Waals surface area contributed by atoms with Gasteiger partial charge in [0.15, 0.2) is 0 Å². The van der Waals surface area contributed by atoms with Crippen molar-refractivity contribution >= 4 is 17.8 Å². The van der Waals surface area contributed by atoms with Crippen molar-refractivity contribution in [3.63, 3.8) is 0 Å². The Balaban J connectivity index is 1.91. The molecule has 6 heteroatoms. The minimum atomic E-state index is -0.403. The molecule has 3 N–H and O–H groups in total. The molecule has 0 saturated heterocycles. The maximum absolute atomic E-state index is 12.2. The number of ether oxygens (including phenoxy) is 1. The molecule has 1 atom stereocenters. The third kappa shape index (κ3) is 5.84. The summed E-state index contributed by atoms with van der Waals surface area (Å²) in [5, 5.41) is 16.5. The van der Waals surface area contributed by atoms with Crippen molar-refractivity contribution in [3.8, 4) is 11.5 Å². The summed E-state index contributed by atoms with van der Waals surface area (Å²) >= 11 is 0. The molecule has 1 amide bonds. The van der Waals surface area contributed by atoms with Crippen LogP contribution in [0.3, 0.4) is 0 Å². The molecule has 6 nitrogen and oxygen atoms in total. The monoisotopic (exact) mass is 341 g/mol. The smallest absolute Gasteiger partial charge is 0.262 e. The van der Waals surface area contributed by atoms with E-state index in [0.717, 1.165) is 11.4 Å². The Hall–Kier alpha value is -3.02. The van der Waals surface area contributed by atoms with Gasteiger partial charge in [-0.15, -0.1) is 0 Å². The quantitative estimate of drug-likeness (QED) is 0.509. The Labute approximate surface area is 147 Å². The highest BCUT2D eigenvalue weighted by molar-refractivity contribution is 5.86. The maximum atomic E-state index is 12.2. The van der Waals surface area contributed by atoms with Gasteiger partial charge >= 0.3 is 0 Å². The number of aromatic hydroxyl groups is 1. The van der Waals surface area contributed by atoms with Crippen molar-refractivity contribution in [1.29, 1.82) is 0 Å². The summed E-state index contributed by atoms with van der Waals surface area (Å²) in [6.45, 7) is 4.47. The van der Waals surface area contributed by atoms with E-state index in [9.17, 15) is 9.90 Å². The van der Waals surface area contributed by atoms with E-state index in [0.29, 0.717) is 18.6 Å². The average molecular weight is 341 g/mol. The van der Waals surface area contributed by atoms with Crippen LogP contribution in [0.15, 0.2) is 53.6 Å². The van der Waals surface area contributed by atoms with Crippen molar-refractivity contribution in [2.45, 2.75) is 26.3 Å². The van der Waals surface area contributed by atoms with E-state index in [1.807, 2.05) is 38.1 Å². The fraction of sp³-hybridized carbons (Fsp3) is 0.263. The molecule has 0 aromatic heterocycles. The molecule has 25 heavy (non-hydrogen) atoms. The first kappa shape index (κ1) is 18.3. The minimum Gasteiger partial charge on any atom is -0.508 e. The number of hydrazone groups is 1. The van der Waals surface area contributed by atoms with Gasteiger partial charge in [0.1, 0.15) is 17.5 Å². The fourth-order valence-corrected chi connectivity index (χ4v) is 2.22. The van der Waals surface area contributed by atoms with E-state index in [1.54, 1.807) is 24.3 Å². The van der Waals surface area contributed by atoms with Crippen LogP contribution in [-0.2, 0) is 4.79 Å². The Morgan fingerprint density at radius 1 is 1.24 bits per heavy atom. The molecule has 2 aromatic carbocycles.